The third kappa shape index (κ3) is 3.31. The zero-order chi connectivity index (χ0) is 18.1. The molecule has 1 heterocycles. The molecule has 0 aromatic heterocycles. The largest absolute Gasteiger partial charge is 0.394 e. The summed E-state index contributed by atoms with van der Waals surface area (Å²) in [5.41, 5.74) is 2.57. The second kappa shape index (κ2) is 6.96. The van der Waals surface area contributed by atoms with Crippen molar-refractivity contribution in [2.45, 2.75) is 37.1 Å². The maximum atomic E-state index is 11.8. The Hall–Kier alpha value is -2.21. The van der Waals surface area contributed by atoms with E-state index in [2.05, 4.69) is 11.2 Å². The molecule has 1 aliphatic heterocycles. The van der Waals surface area contributed by atoms with Crippen molar-refractivity contribution < 1.29 is 30.0 Å². The molecule has 0 saturated carbocycles. The van der Waals surface area contributed by atoms with E-state index in [4.69, 9.17) is 16.3 Å². The van der Waals surface area contributed by atoms with Crippen LogP contribution in [0.5, 0.6) is 0 Å². The first kappa shape index (κ1) is 17.6. The molecule has 5 N–H and O–H groups in total. The second-order valence-electron chi connectivity index (χ2n) is 6.12. The van der Waals surface area contributed by atoms with Crippen LogP contribution in [0.4, 0.5) is 5.69 Å². The van der Waals surface area contributed by atoms with Crippen LogP contribution in [-0.4, -0.2) is 63.5 Å². The van der Waals surface area contributed by atoms with E-state index >= 15 is 0 Å². The van der Waals surface area contributed by atoms with Crippen molar-refractivity contribution in [2.24, 2.45) is 0 Å². The quantitative estimate of drug-likeness (QED) is 0.448. The number of hydrogen-bond acceptors (Lipinski definition) is 7. The van der Waals surface area contributed by atoms with E-state index in [0.29, 0.717) is 11.3 Å². The summed E-state index contributed by atoms with van der Waals surface area (Å²) in [7, 11) is 0. The van der Waals surface area contributed by atoms with Gasteiger partial charge in [-0.1, -0.05) is 12.0 Å². The van der Waals surface area contributed by atoms with Gasteiger partial charge in [-0.25, -0.2) is 0 Å². The molecule has 3 rings (SSSR count). The minimum absolute atomic E-state index is 0.0973. The normalized spacial score (nSPS) is 31.7. The summed E-state index contributed by atoms with van der Waals surface area (Å²) in [5.74, 6) is 2.39. The molecular formula is C18H19NO6. The number of rotatable bonds is 3. The molecule has 0 radical (unpaired) electrons. The second-order valence-corrected chi connectivity index (χ2v) is 6.12. The highest BCUT2D eigenvalue weighted by molar-refractivity contribution is 6.05. The number of anilines is 1. The Kier molecular flexibility index (Phi) is 4.90. The maximum Gasteiger partial charge on any atom is 0.178 e. The monoisotopic (exact) mass is 345 g/mol. The lowest BCUT2D eigenvalue weighted by molar-refractivity contribution is -0.245. The lowest BCUT2D eigenvalue weighted by Crippen LogP contribution is -2.61. The van der Waals surface area contributed by atoms with Crippen LogP contribution in [0.1, 0.15) is 11.1 Å². The molecule has 0 amide bonds. The topological polar surface area (TPSA) is 119 Å². The SMILES string of the molecule is C#CC1=CC(=O)Cc2cc(NC3C(O)OC(CO)[C@@H](O)[C@@H]3O)ccc21. The number of hydrogen-bond donors (Lipinski definition) is 5. The number of carbonyl (C=O) groups is 1. The van der Waals surface area contributed by atoms with Crippen LogP contribution < -0.4 is 5.32 Å². The van der Waals surface area contributed by atoms with Gasteiger partial charge in [0.1, 0.15) is 24.4 Å². The molecule has 7 heteroatoms. The van der Waals surface area contributed by atoms with E-state index in [1.165, 1.54) is 6.08 Å². The number of ketones is 1. The van der Waals surface area contributed by atoms with Gasteiger partial charge in [0.2, 0.25) is 0 Å². The van der Waals surface area contributed by atoms with Crippen molar-refractivity contribution in [3.8, 4) is 12.3 Å². The Morgan fingerprint density at radius 2 is 2.04 bits per heavy atom. The van der Waals surface area contributed by atoms with Crippen LogP contribution in [0.3, 0.4) is 0 Å². The van der Waals surface area contributed by atoms with Crippen LogP contribution in [0, 0.1) is 12.3 Å². The van der Waals surface area contributed by atoms with E-state index < -0.39 is 37.3 Å². The minimum atomic E-state index is -1.42. The Morgan fingerprint density at radius 3 is 2.72 bits per heavy atom. The van der Waals surface area contributed by atoms with Gasteiger partial charge in [0.15, 0.2) is 12.1 Å². The predicted octanol–water partition coefficient (Wildman–Crippen LogP) is -0.960. The summed E-state index contributed by atoms with van der Waals surface area (Å²) in [5, 5.41) is 42.1. The maximum absolute atomic E-state index is 11.8. The molecule has 1 fully saturated rings. The third-order valence-corrected chi connectivity index (χ3v) is 4.45. The molecule has 0 bridgehead atoms. The molecule has 0 spiro atoms. The van der Waals surface area contributed by atoms with E-state index in [-0.39, 0.29) is 12.2 Å². The average Bonchev–Trinajstić information content (AvgIpc) is 2.60. The molecule has 1 aromatic carbocycles. The van der Waals surface area contributed by atoms with Crippen molar-refractivity contribution in [1.29, 1.82) is 0 Å². The molecule has 5 atom stereocenters. The number of aliphatic hydroxyl groups is 4. The van der Waals surface area contributed by atoms with Gasteiger partial charge in [-0.2, -0.15) is 0 Å². The summed E-state index contributed by atoms with van der Waals surface area (Å²) < 4.78 is 5.11. The number of aliphatic hydroxyl groups excluding tert-OH is 4. The Bertz CT molecular complexity index is 752. The molecule has 132 valence electrons. The van der Waals surface area contributed by atoms with Gasteiger partial charge in [0.25, 0.3) is 0 Å². The average molecular weight is 345 g/mol. The molecule has 25 heavy (non-hydrogen) atoms. The fraction of sp³-hybridized carbons (Fsp3) is 0.389. The Labute approximate surface area is 144 Å². The number of fused-ring (bicyclic) bond motifs is 1. The van der Waals surface area contributed by atoms with Crippen molar-refractivity contribution in [2.75, 3.05) is 11.9 Å². The lowest BCUT2D eigenvalue weighted by atomic mass is 9.90. The van der Waals surface area contributed by atoms with E-state index in [0.717, 1.165) is 11.1 Å². The standard InChI is InChI=1S/C18H19NO6/c1-2-9-6-12(21)7-10-5-11(3-4-13(9)10)19-15-17(23)16(22)14(8-20)25-18(15)24/h1,3-6,14-20,22-24H,7-8H2/t14?,15?,16-,17-,18?/m1/s1. The van der Waals surface area contributed by atoms with Crippen LogP contribution >= 0.6 is 0 Å². The van der Waals surface area contributed by atoms with Crippen LogP contribution in [0.15, 0.2) is 24.3 Å². The van der Waals surface area contributed by atoms with Crippen molar-refractivity contribution >= 4 is 17.0 Å². The number of nitrogens with one attached hydrogen (secondary N) is 1. The predicted molar refractivity (Wildman–Crippen MR) is 89.4 cm³/mol. The summed E-state index contributed by atoms with van der Waals surface area (Å²) in [6.45, 7) is -0.524. The van der Waals surface area contributed by atoms with Gasteiger partial charge in [-0.3, -0.25) is 4.79 Å². The summed E-state index contributed by atoms with van der Waals surface area (Å²) in [6, 6.07) is 4.16. The number of carbonyl (C=O) groups excluding carboxylic acids is 1. The van der Waals surface area contributed by atoms with E-state index in [1.54, 1.807) is 18.2 Å². The summed E-state index contributed by atoms with van der Waals surface area (Å²) >= 11 is 0. The molecule has 1 aliphatic carbocycles. The highest BCUT2D eigenvalue weighted by Crippen LogP contribution is 2.29. The smallest absolute Gasteiger partial charge is 0.178 e. The molecule has 7 nitrogen and oxygen atoms in total. The van der Waals surface area contributed by atoms with Crippen molar-refractivity contribution in [1.82, 2.24) is 0 Å². The number of terminal acetylenes is 1. The van der Waals surface area contributed by atoms with Gasteiger partial charge < -0.3 is 30.5 Å². The first-order valence-corrected chi connectivity index (χ1v) is 7.86. The van der Waals surface area contributed by atoms with Gasteiger partial charge in [-0.05, 0) is 29.3 Å². The fourth-order valence-corrected chi connectivity index (χ4v) is 3.13. The highest BCUT2D eigenvalue weighted by Gasteiger charge is 2.43. The van der Waals surface area contributed by atoms with Gasteiger partial charge in [0.05, 0.1) is 6.61 Å². The van der Waals surface area contributed by atoms with Crippen molar-refractivity contribution in [3.63, 3.8) is 0 Å². The molecular weight excluding hydrogens is 326 g/mol. The van der Waals surface area contributed by atoms with E-state index in [1.807, 2.05) is 0 Å². The van der Waals surface area contributed by atoms with Gasteiger partial charge in [0, 0.05) is 17.7 Å². The Morgan fingerprint density at radius 1 is 1.28 bits per heavy atom. The minimum Gasteiger partial charge on any atom is -0.394 e. The molecule has 1 saturated heterocycles. The molecule has 3 unspecified atom stereocenters. The summed E-state index contributed by atoms with van der Waals surface area (Å²) in [4.78, 5) is 11.8. The van der Waals surface area contributed by atoms with E-state index in [9.17, 15) is 20.1 Å². The van der Waals surface area contributed by atoms with Crippen molar-refractivity contribution in [3.05, 3.63) is 35.4 Å². The summed E-state index contributed by atoms with van der Waals surface area (Å²) in [6.07, 6.45) is 1.89. The zero-order valence-corrected chi connectivity index (χ0v) is 13.3. The van der Waals surface area contributed by atoms with Gasteiger partial charge >= 0.3 is 0 Å². The number of ether oxygens (including phenoxy) is 1. The Balaban J connectivity index is 1.83. The molecule has 1 aromatic rings. The zero-order valence-electron chi connectivity index (χ0n) is 13.3. The van der Waals surface area contributed by atoms with Gasteiger partial charge in [-0.15, -0.1) is 6.42 Å². The lowest BCUT2D eigenvalue weighted by Gasteiger charge is -2.40. The van der Waals surface area contributed by atoms with Crippen LogP contribution in [0.25, 0.3) is 5.57 Å². The third-order valence-electron chi connectivity index (χ3n) is 4.45. The van der Waals surface area contributed by atoms with Crippen LogP contribution in [-0.2, 0) is 16.0 Å². The number of benzene rings is 1. The fourth-order valence-electron chi connectivity index (χ4n) is 3.13. The number of allylic oxidation sites excluding steroid dienone is 2. The molecule has 2 aliphatic rings. The van der Waals surface area contributed by atoms with Crippen LogP contribution in [0.2, 0.25) is 0 Å². The highest BCUT2D eigenvalue weighted by atomic mass is 16.6. The first-order chi connectivity index (χ1) is 11.9. The first-order valence-electron chi connectivity index (χ1n) is 7.86.